The lowest BCUT2D eigenvalue weighted by Crippen LogP contribution is -2.00. The summed E-state index contributed by atoms with van der Waals surface area (Å²) in [6.07, 6.45) is 1.59. The molecule has 0 fully saturated rings. The summed E-state index contributed by atoms with van der Waals surface area (Å²) >= 11 is 9.32. The first kappa shape index (κ1) is 12.9. The van der Waals surface area contributed by atoms with Gasteiger partial charge in [0.15, 0.2) is 0 Å². The Bertz CT molecular complexity index is 579. The van der Waals surface area contributed by atoms with Gasteiger partial charge in [0, 0.05) is 5.69 Å². The van der Waals surface area contributed by atoms with Crippen molar-refractivity contribution in [3.8, 4) is 5.88 Å². The van der Waals surface area contributed by atoms with Crippen molar-refractivity contribution < 1.29 is 4.74 Å². The van der Waals surface area contributed by atoms with Crippen LogP contribution in [0.25, 0.3) is 0 Å². The Balaban J connectivity index is 2.31. The van der Waals surface area contributed by atoms with E-state index in [9.17, 15) is 0 Å². The Morgan fingerprint density at radius 3 is 2.94 bits per heavy atom. The highest BCUT2D eigenvalue weighted by Gasteiger charge is 2.07. The lowest BCUT2D eigenvalue weighted by atomic mass is 10.3. The summed E-state index contributed by atoms with van der Waals surface area (Å²) in [5.41, 5.74) is 6.93. The third-order valence-electron chi connectivity index (χ3n) is 2.14. The van der Waals surface area contributed by atoms with E-state index in [4.69, 9.17) is 22.1 Å². The van der Waals surface area contributed by atoms with Crippen LogP contribution in [0, 0.1) is 0 Å². The summed E-state index contributed by atoms with van der Waals surface area (Å²) in [7, 11) is 1.53. The van der Waals surface area contributed by atoms with Gasteiger partial charge in [-0.3, -0.25) is 0 Å². The summed E-state index contributed by atoms with van der Waals surface area (Å²) < 4.78 is 5.76. The number of nitrogens with one attached hydrogen (secondary N) is 1. The molecule has 0 atom stereocenters. The summed E-state index contributed by atoms with van der Waals surface area (Å²) in [4.78, 5) is 8.27. The first-order chi connectivity index (χ1) is 8.60. The third kappa shape index (κ3) is 2.83. The lowest BCUT2D eigenvalue weighted by molar-refractivity contribution is 0.394. The van der Waals surface area contributed by atoms with Crippen LogP contribution in [0.4, 0.5) is 17.3 Å². The summed E-state index contributed by atoms with van der Waals surface area (Å²) in [5, 5.41) is 3.52. The molecule has 5 nitrogen and oxygen atoms in total. The van der Waals surface area contributed by atoms with Crippen molar-refractivity contribution >= 4 is 44.9 Å². The number of rotatable bonds is 3. The SMILES string of the molecule is COc1nc(Nc2cc(N)ccc2Cl)ncc1Br. The molecule has 0 saturated heterocycles. The largest absolute Gasteiger partial charge is 0.480 e. The standard InChI is InChI=1S/C11H10BrClN4O/c1-18-10-7(12)5-15-11(17-10)16-9-4-6(14)2-3-8(9)13/h2-5H,14H2,1H3,(H,15,16,17). The molecule has 2 rings (SSSR count). The number of methoxy groups -OCH3 is 1. The van der Waals surface area contributed by atoms with E-state index in [2.05, 4.69) is 31.2 Å². The van der Waals surface area contributed by atoms with Gasteiger partial charge in [0.25, 0.3) is 0 Å². The van der Waals surface area contributed by atoms with Crippen LogP contribution < -0.4 is 15.8 Å². The van der Waals surface area contributed by atoms with Gasteiger partial charge in [0.1, 0.15) is 0 Å². The van der Waals surface area contributed by atoms with Crippen LogP contribution in [-0.4, -0.2) is 17.1 Å². The molecule has 0 unspecified atom stereocenters. The Hall–Kier alpha value is -1.53. The molecular weight excluding hydrogens is 320 g/mol. The number of nitrogen functional groups attached to an aromatic ring is 1. The highest BCUT2D eigenvalue weighted by molar-refractivity contribution is 9.10. The van der Waals surface area contributed by atoms with Crippen molar-refractivity contribution in [2.45, 2.75) is 0 Å². The quantitative estimate of drug-likeness (QED) is 0.846. The maximum absolute atomic E-state index is 6.04. The average molecular weight is 330 g/mol. The van der Waals surface area contributed by atoms with Gasteiger partial charge in [-0.05, 0) is 34.1 Å². The summed E-state index contributed by atoms with van der Waals surface area (Å²) in [5.74, 6) is 0.815. The van der Waals surface area contributed by atoms with Crippen molar-refractivity contribution in [1.29, 1.82) is 0 Å². The molecule has 1 heterocycles. The van der Waals surface area contributed by atoms with E-state index in [0.29, 0.717) is 32.7 Å². The fourth-order valence-corrected chi connectivity index (χ4v) is 1.83. The second kappa shape index (κ2) is 5.41. The molecular formula is C11H10BrClN4O. The van der Waals surface area contributed by atoms with Gasteiger partial charge in [0.2, 0.25) is 11.8 Å². The van der Waals surface area contributed by atoms with E-state index >= 15 is 0 Å². The summed E-state index contributed by atoms with van der Waals surface area (Å²) in [6, 6.07) is 5.13. The van der Waals surface area contributed by atoms with Crippen LogP contribution in [0.15, 0.2) is 28.9 Å². The van der Waals surface area contributed by atoms with Gasteiger partial charge in [-0.25, -0.2) is 4.98 Å². The molecule has 0 amide bonds. The van der Waals surface area contributed by atoms with Gasteiger partial charge in [-0.2, -0.15) is 4.98 Å². The van der Waals surface area contributed by atoms with Crippen LogP contribution in [-0.2, 0) is 0 Å². The number of ether oxygens (including phenoxy) is 1. The lowest BCUT2D eigenvalue weighted by Gasteiger charge is -2.09. The highest BCUT2D eigenvalue weighted by atomic mass is 79.9. The first-order valence-corrected chi connectivity index (χ1v) is 6.16. The molecule has 0 bridgehead atoms. The van der Waals surface area contributed by atoms with Crippen molar-refractivity contribution in [3.05, 3.63) is 33.9 Å². The smallest absolute Gasteiger partial charge is 0.232 e. The normalized spacial score (nSPS) is 10.2. The monoisotopic (exact) mass is 328 g/mol. The second-order valence-electron chi connectivity index (χ2n) is 3.42. The molecule has 1 aromatic carbocycles. The molecule has 1 aromatic heterocycles. The van der Waals surface area contributed by atoms with Gasteiger partial charge < -0.3 is 15.8 Å². The van der Waals surface area contributed by atoms with Crippen LogP contribution >= 0.6 is 27.5 Å². The highest BCUT2D eigenvalue weighted by Crippen LogP contribution is 2.28. The molecule has 2 aromatic rings. The molecule has 18 heavy (non-hydrogen) atoms. The van der Waals surface area contributed by atoms with E-state index in [0.717, 1.165) is 0 Å². The maximum atomic E-state index is 6.04. The second-order valence-corrected chi connectivity index (χ2v) is 4.68. The van der Waals surface area contributed by atoms with Gasteiger partial charge in [0.05, 0.1) is 28.5 Å². The number of nitrogens with zero attached hydrogens (tertiary/aromatic N) is 2. The maximum Gasteiger partial charge on any atom is 0.232 e. The molecule has 0 spiro atoms. The van der Waals surface area contributed by atoms with Gasteiger partial charge in [-0.15, -0.1) is 0 Å². The Morgan fingerprint density at radius 2 is 2.22 bits per heavy atom. The zero-order chi connectivity index (χ0) is 13.1. The van der Waals surface area contributed by atoms with Crippen LogP contribution in [0.3, 0.4) is 0 Å². The fourth-order valence-electron chi connectivity index (χ4n) is 1.31. The number of aromatic nitrogens is 2. The number of anilines is 3. The Morgan fingerprint density at radius 1 is 1.44 bits per heavy atom. The minimum Gasteiger partial charge on any atom is -0.480 e. The number of hydrogen-bond donors (Lipinski definition) is 2. The fraction of sp³-hybridized carbons (Fsp3) is 0.0909. The molecule has 0 aliphatic heterocycles. The Kier molecular flexibility index (Phi) is 3.88. The zero-order valence-corrected chi connectivity index (χ0v) is 11.8. The third-order valence-corrected chi connectivity index (χ3v) is 3.02. The van der Waals surface area contributed by atoms with E-state index in [1.54, 1.807) is 24.4 Å². The predicted octanol–water partition coefficient (Wildman–Crippen LogP) is 3.23. The zero-order valence-electron chi connectivity index (χ0n) is 9.45. The molecule has 0 radical (unpaired) electrons. The minimum atomic E-state index is 0.377. The van der Waals surface area contributed by atoms with Crippen LogP contribution in [0.2, 0.25) is 5.02 Å². The molecule has 0 saturated carbocycles. The van der Waals surface area contributed by atoms with Crippen molar-refractivity contribution in [2.75, 3.05) is 18.2 Å². The minimum absolute atomic E-state index is 0.377. The van der Waals surface area contributed by atoms with Gasteiger partial charge >= 0.3 is 0 Å². The van der Waals surface area contributed by atoms with E-state index < -0.39 is 0 Å². The van der Waals surface area contributed by atoms with Crippen molar-refractivity contribution in [2.24, 2.45) is 0 Å². The van der Waals surface area contributed by atoms with Crippen molar-refractivity contribution in [3.63, 3.8) is 0 Å². The predicted molar refractivity (Wildman–Crippen MR) is 75.4 cm³/mol. The number of hydrogen-bond acceptors (Lipinski definition) is 5. The van der Waals surface area contributed by atoms with E-state index in [-0.39, 0.29) is 0 Å². The molecule has 94 valence electrons. The number of nitrogens with two attached hydrogens (primary N) is 1. The van der Waals surface area contributed by atoms with Crippen LogP contribution in [0.5, 0.6) is 5.88 Å². The molecule has 3 N–H and O–H groups in total. The molecule has 0 aliphatic carbocycles. The average Bonchev–Trinajstić information content (AvgIpc) is 2.36. The number of benzene rings is 1. The van der Waals surface area contributed by atoms with Crippen molar-refractivity contribution in [1.82, 2.24) is 9.97 Å². The van der Waals surface area contributed by atoms with Gasteiger partial charge in [-0.1, -0.05) is 11.6 Å². The summed E-state index contributed by atoms with van der Waals surface area (Å²) in [6.45, 7) is 0. The molecule has 0 aliphatic rings. The van der Waals surface area contributed by atoms with E-state index in [1.807, 2.05) is 0 Å². The Labute approximate surface area is 117 Å². The topological polar surface area (TPSA) is 73.1 Å². The molecule has 7 heteroatoms. The van der Waals surface area contributed by atoms with E-state index in [1.165, 1.54) is 7.11 Å². The number of halogens is 2. The first-order valence-electron chi connectivity index (χ1n) is 4.98. The van der Waals surface area contributed by atoms with Crippen LogP contribution in [0.1, 0.15) is 0 Å².